The van der Waals surface area contributed by atoms with E-state index in [2.05, 4.69) is 4.90 Å². The van der Waals surface area contributed by atoms with Gasteiger partial charge in [-0.1, -0.05) is 0 Å². The van der Waals surface area contributed by atoms with Crippen LogP contribution in [-0.2, 0) is 0 Å². The minimum Gasteiger partial charge on any atom is -0.390 e. The SMILES string of the molecule is OC1(CCCN2CCCC2)CCC1. The van der Waals surface area contributed by atoms with Gasteiger partial charge in [-0.25, -0.2) is 0 Å². The molecule has 1 aliphatic heterocycles. The fourth-order valence-corrected chi connectivity index (χ4v) is 2.47. The van der Waals surface area contributed by atoms with E-state index in [0.717, 1.165) is 19.3 Å². The molecule has 0 amide bonds. The molecule has 0 aromatic heterocycles. The van der Waals surface area contributed by atoms with Gasteiger partial charge in [0.1, 0.15) is 0 Å². The van der Waals surface area contributed by atoms with Crippen LogP contribution in [0.4, 0.5) is 0 Å². The first-order chi connectivity index (χ1) is 6.29. The Balaban J connectivity index is 1.57. The first-order valence-electron chi connectivity index (χ1n) is 5.73. The van der Waals surface area contributed by atoms with Gasteiger partial charge in [-0.15, -0.1) is 0 Å². The summed E-state index contributed by atoms with van der Waals surface area (Å²) in [6.45, 7) is 3.79. The van der Waals surface area contributed by atoms with Gasteiger partial charge < -0.3 is 10.0 Å². The summed E-state index contributed by atoms with van der Waals surface area (Å²) in [4.78, 5) is 2.53. The molecule has 76 valence electrons. The third-order valence-corrected chi connectivity index (χ3v) is 3.60. The second-order valence-electron chi connectivity index (χ2n) is 4.73. The van der Waals surface area contributed by atoms with Crippen LogP contribution in [0.15, 0.2) is 0 Å². The molecule has 0 spiro atoms. The van der Waals surface area contributed by atoms with Crippen molar-refractivity contribution in [3.8, 4) is 0 Å². The molecule has 0 bridgehead atoms. The molecular weight excluding hydrogens is 162 g/mol. The molecule has 13 heavy (non-hydrogen) atoms. The maximum absolute atomic E-state index is 9.87. The summed E-state index contributed by atoms with van der Waals surface area (Å²) >= 11 is 0. The van der Waals surface area contributed by atoms with Crippen LogP contribution in [0.25, 0.3) is 0 Å². The zero-order chi connectivity index (χ0) is 9.15. The summed E-state index contributed by atoms with van der Waals surface area (Å²) < 4.78 is 0. The predicted octanol–water partition coefficient (Wildman–Crippen LogP) is 1.78. The molecule has 1 saturated carbocycles. The smallest absolute Gasteiger partial charge is 0.0648 e. The van der Waals surface area contributed by atoms with Gasteiger partial charge in [0.25, 0.3) is 0 Å². The lowest BCUT2D eigenvalue weighted by Crippen LogP contribution is -2.37. The van der Waals surface area contributed by atoms with E-state index < -0.39 is 0 Å². The zero-order valence-corrected chi connectivity index (χ0v) is 8.47. The Labute approximate surface area is 80.9 Å². The highest BCUT2D eigenvalue weighted by Gasteiger charge is 2.33. The molecule has 2 heteroatoms. The monoisotopic (exact) mass is 183 g/mol. The number of aliphatic hydroxyl groups is 1. The van der Waals surface area contributed by atoms with Crippen LogP contribution >= 0.6 is 0 Å². The predicted molar refractivity (Wildman–Crippen MR) is 53.7 cm³/mol. The van der Waals surface area contributed by atoms with Crippen molar-refractivity contribution in [2.45, 2.75) is 50.5 Å². The standard InChI is InChI=1S/C11H21NO/c13-11(5-3-6-11)7-4-10-12-8-1-2-9-12/h13H,1-10H2. The van der Waals surface area contributed by atoms with Crippen LogP contribution in [0, 0.1) is 0 Å². The maximum atomic E-state index is 9.87. The zero-order valence-electron chi connectivity index (χ0n) is 8.47. The van der Waals surface area contributed by atoms with Crippen LogP contribution < -0.4 is 0 Å². The van der Waals surface area contributed by atoms with Gasteiger partial charge in [-0.2, -0.15) is 0 Å². The van der Waals surface area contributed by atoms with Crippen molar-refractivity contribution >= 4 is 0 Å². The quantitative estimate of drug-likeness (QED) is 0.718. The Bertz CT molecular complexity index is 159. The van der Waals surface area contributed by atoms with Crippen molar-refractivity contribution in [2.24, 2.45) is 0 Å². The van der Waals surface area contributed by atoms with E-state index in [1.807, 2.05) is 0 Å². The van der Waals surface area contributed by atoms with Crippen LogP contribution in [0.1, 0.15) is 44.9 Å². The highest BCUT2D eigenvalue weighted by molar-refractivity contribution is 4.87. The van der Waals surface area contributed by atoms with Gasteiger partial charge in [0, 0.05) is 0 Å². The lowest BCUT2D eigenvalue weighted by molar-refractivity contribution is -0.0427. The van der Waals surface area contributed by atoms with Gasteiger partial charge in [0.05, 0.1) is 5.60 Å². The number of nitrogens with zero attached hydrogens (tertiary/aromatic N) is 1. The first kappa shape index (κ1) is 9.47. The van der Waals surface area contributed by atoms with E-state index in [0.29, 0.717) is 0 Å². The molecule has 2 fully saturated rings. The first-order valence-corrected chi connectivity index (χ1v) is 5.73. The molecule has 1 saturated heterocycles. The lowest BCUT2D eigenvalue weighted by atomic mass is 9.77. The van der Waals surface area contributed by atoms with Gasteiger partial charge in [0.2, 0.25) is 0 Å². The Morgan fingerprint density at radius 1 is 1.08 bits per heavy atom. The molecule has 0 aromatic carbocycles. The van der Waals surface area contributed by atoms with Crippen molar-refractivity contribution in [1.82, 2.24) is 4.90 Å². The second-order valence-corrected chi connectivity index (χ2v) is 4.73. The molecule has 2 rings (SSSR count). The molecule has 0 unspecified atom stereocenters. The third-order valence-electron chi connectivity index (χ3n) is 3.60. The van der Waals surface area contributed by atoms with Crippen molar-refractivity contribution in [1.29, 1.82) is 0 Å². The summed E-state index contributed by atoms with van der Waals surface area (Å²) in [7, 11) is 0. The number of rotatable bonds is 4. The number of hydrogen-bond acceptors (Lipinski definition) is 2. The molecule has 1 N–H and O–H groups in total. The Kier molecular flexibility index (Phi) is 2.89. The molecule has 2 aliphatic rings. The molecule has 0 atom stereocenters. The Morgan fingerprint density at radius 3 is 2.31 bits per heavy atom. The molecule has 1 aliphatic carbocycles. The Hall–Kier alpha value is -0.0800. The van der Waals surface area contributed by atoms with Gasteiger partial charge >= 0.3 is 0 Å². The number of likely N-dealkylation sites (tertiary alicyclic amines) is 1. The van der Waals surface area contributed by atoms with E-state index in [1.54, 1.807) is 0 Å². The fraction of sp³-hybridized carbons (Fsp3) is 1.00. The highest BCUT2D eigenvalue weighted by Crippen LogP contribution is 2.35. The van der Waals surface area contributed by atoms with E-state index in [-0.39, 0.29) is 5.60 Å². The van der Waals surface area contributed by atoms with Crippen molar-refractivity contribution in [2.75, 3.05) is 19.6 Å². The Morgan fingerprint density at radius 2 is 1.77 bits per heavy atom. The summed E-state index contributed by atoms with van der Waals surface area (Å²) in [6, 6.07) is 0. The third kappa shape index (κ3) is 2.44. The molecule has 0 radical (unpaired) electrons. The molecule has 0 aromatic rings. The normalized spacial score (nSPS) is 27.5. The highest BCUT2D eigenvalue weighted by atomic mass is 16.3. The largest absolute Gasteiger partial charge is 0.390 e. The van der Waals surface area contributed by atoms with E-state index in [9.17, 15) is 5.11 Å². The van der Waals surface area contributed by atoms with Crippen LogP contribution in [0.2, 0.25) is 0 Å². The summed E-state index contributed by atoms with van der Waals surface area (Å²) in [5.41, 5.74) is -0.250. The lowest BCUT2D eigenvalue weighted by Gasteiger charge is -2.37. The van der Waals surface area contributed by atoms with E-state index in [1.165, 1.54) is 45.3 Å². The van der Waals surface area contributed by atoms with E-state index in [4.69, 9.17) is 0 Å². The molecular formula is C11H21NO. The molecule has 2 nitrogen and oxygen atoms in total. The van der Waals surface area contributed by atoms with Crippen molar-refractivity contribution in [3.63, 3.8) is 0 Å². The summed E-state index contributed by atoms with van der Waals surface area (Å²) in [6.07, 6.45) is 8.31. The summed E-state index contributed by atoms with van der Waals surface area (Å²) in [5, 5.41) is 9.87. The molecule has 1 heterocycles. The number of hydrogen-bond donors (Lipinski definition) is 1. The summed E-state index contributed by atoms with van der Waals surface area (Å²) in [5.74, 6) is 0. The van der Waals surface area contributed by atoms with Gasteiger partial charge in [-0.05, 0) is 64.6 Å². The van der Waals surface area contributed by atoms with Gasteiger partial charge in [0.15, 0.2) is 0 Å². The topological polar surface area (TPSA) is 23.5 Å². The van der Waals surface area contributed by atoms with Crippen LogP contribution in [-0.4, -0.2) is 35.2 Å². The van der Waals surface area contributed by atoms with E-state index >= 15 is 0 Å². The van der Waals surface area contributed by atoms with Gasteiger partial charge in [-0.3, -0.25) is 0 Å². The van der Waals surface area contributed by atoms with Crippen molar-refractivity contribution in [3.05, 3.63) is 0 Å². The minimum absolute atomic E-state index is 0.250. The average Bonchev–Trinajstić information content (AvgIpc) is 2.54. The minimum atomic E-state index is -0.250. The maximum Gasteiger partial charge on any atom is 0.0648 e. The second kappa shape index (κ2) is 3.97. The van der Waals surface area contributed by atoms with Crippen LogP contribution in [0.3, 0.4) is 0 Å². The average molecular weight is 183 g/mol. The van der Waals surface area contributed by atoms with Crippen molar-refractivity contribution < 1.29 is 5.11 Å². The fourth-order valence-electron chi connectivity index (χ4n) is 2.47. The van der Waals surface area contributed by atoms with Crippen LogP contribution in [0.5, 0.6) is 0 Å².